The number of ether oxygens (including phenoxy) is 2. The number of rotatable bonds is 7. The van der Waals surface area contributed by atoms with Crippen LogP contribution < -0.4 is 10.1 Å². The number of benzene rings is 2. The number of aliphatic hydroxyl groups excluding tert-OH is 1. The molecule has 1 aromatic heterocycles. The molecule has 2 heterocycles. The number of methoxy groups -OCH3 is 1. The van der Waals surface area contributed by atoms with Gasteiger partial charge in [0.25, 0.3) is 5.91 Å². The summed E-state index contributed by atoms with van der Waals surface area (Å²) in [6.45, 7) is 0.543. The number of nitrogens with one attached hydrogen (secondary N) is 1. The van der Waals surface area contributed by atoms with Crippen LogP contribution in [0.4, 0.5) is 5.69 Å². The molecule has 9 nitrogen and oxygen atoms in total. The van der Waals surface area contributed by atoms with Crippen molar-refractivity contribution in [3.8, 4) is 5.75 Å². The Morgan fingerprint density at radius 1 is 1.21 bits per heavy atom. The maximum atomic E-state index is 12.6. The molecular formula is C24H24N4O5. The Balaban J connectivity index is 1.46. The lowest BCUT2D eigenvalue weighted by Crippen LogP contribution is -2.51. The molecule has 0 unspecified atom stereocenters. The third-order valence-electron chi connectivity index (χ3n) is 5.42. The fourth-order valence-electron chi connectivity index (χ4n) is 3.62. The highest BCUT2D eigenvalue weighted by Crippen LogP contribution is 2.27. The van der Waals surface area contributed by atoms with Crippen LogP contribution in [0.15, 0.2) is 67.1 Å². The molecule has 2 atom stereocenters. The van der Waals surface area contributed by atoms with E-state index in [1.165, 1.54) is 18.6 Å². The molecule has 1 saturated heterocycles. The topological polar surface area (TPSA) is 114 Å². The fourth-order valence-corrected chi connectivity index (χ4v) is 3.62. The standard InChI is InChI=1S/C24H24N4O5/c1-32-19-8-2-16(3-9-19)13-28-21(14-33-15-22(28)29)23(30)17-4-6-18(7-5-17)27-24(31)20-12-25-10-11-26-20/h2-12,21,23,30H,13-15H2,1H3,(H,27,31)/t21-,23-/m1/s1. The minimum Gasteiger partial charge on any atom is -0.497 e. The lowest BCUT2D eigenvalue weighted by Gasteiger charge is -2.38. The molecule has 2 amide bonds. The summed E-state index contributed by atoms with van der Waals surface area (Å²) in [5, 5.41) is 13.8. The molecule has 0 bridgehead atoms. The highest BCUT2D eigenvalue weighted by Gasteiger charge is 2.34. The minimum absolute atomic E-state index is 0.0211. The average molecular weight is 448 g/mol. The number of hydrogen-bond donors (Lipinski definition) is 2. The Kier molecular flexibility index (Phi) is 6.92. The van der Waals surface area contributed by atoms with E-state index in [0.717, 1.165) is 11.3 Å². The summed E-state index contributed by atoms with van der Waals surface area (Å²) in [5.74, 6) is 0.164. The number of hydrogen-bond acceptors (Lipinski definition) is 7. The smallest absolute Gasteiger partial charge is 0.275 e. The van der Waals surface area contributed by atoms with Crippen LogP contribution in [0, 0.1) is 0 Å². The minimum atomic E-state index is -0.961. The van der Waals surface area contributed by atoms with Gasteiger partial charge in [0.1, 0.15) is 24.2 Å². The van der Waals surface area contributed by atoms with E-state index >= 15 is 0 Å². The molecule has 0 aliphatic carbocycles. The van der Waals surface area contributed by atoms with Crippen LogP contribution in [0.2, 0.25) is 0 Å². The molecule has 2 N–H and O–H groups in total. The maximum absolute atomic E-state index is 12.6. The second-order valence-corrected chi connectivity index (χ2v) is 7.56. The van der Waals surface area contributed by atoms with Gasteiger partial charge in [-0.3, -0.25) is 14.6 Å². The Morgan fingerprint density at radius 2 is 1.97 bits per heavy atom. The molecule has 2 aromatic carbocycles. The summed E-state index contributed by atoms with van der Waals surface area (Å²) in [5.41, 5.74) is 2.28. The number of carbonyl (C=O) groups is 2. The van der Waals surface area contributed by atoms with Crippen molar-refractivity contribution < 1.29 is 24.2 Å². The van der Waals surface area contributed by atoms with E-state index in [1.807, 2.05) is 24.3 Å². The average Bonchev–Trinajstić information content (AvgIpc) is 2.86. The molecule has 9 heteroatoms. The van der Waals surface area contributed by atoms with Crippen molar-refractivity contribution in [2.45, 2.75) is 18.7 Å². The molecule has 0 spiro atoms. The number of carbonyl (C=O) groups excluding carboxylic acids is 2. The largest absolute Gasteiger partial charge is 0.497 e. The first-order valence-electron chi connectivity index (χ1n) is 10.4. The van der Waals surface area contributed by atoms with Crippen molar-refractivity contribution in [2.24, 2.45) is 0 Å². The van der Waals surface area contributed by atoms with E-state index in [9.17, 15) is 14.7 Å². The van der Waals surface area contributed by atoms with Gasteiger partial charge in [0.15, 0.2) is 0 Å². The lowest BCUT2D eigenvalue weighted by molar-refractivity contribution is -0.155. The fraction of sp³-hybridized carbons (Fsp3) is 0.250. The summed E-state index contributed by atoms with van der Waals surface area (Å²) < 4.78 is 10.6. The van der Waals surface area contributed by atoms with Gasteiger partial charge in [0.05, 0.1) is 26.0 Å². The zero-order valence-electron chi connectivity index (χ0n) is 18.0. The third kappa shape index (κ3) is 5.33. The lowest BCUT2D eigenvalue weighted by atomic mass is 9.99. The summed E-state index contributed by atoms with van der Waals surface area (Å²) in [6.07, 6.45) is 3.35. The van der Waals surface area contributed by atoms with Crippen LogP contribution in [0.3, 0.4) is 0 Å². The summed E-state index contributed by atoms with van der Waals surface area (Å²) in [4.78, 5) is 34.3. The second kappa shape index (κ2) is 10.2. The van der Waals surface area contributed by atoms with Crippen LogP contribution in [0.1, 0.15) is 27.7 Å². The van der Waals surface area contributed by atoms with Gasteiger partial charge in [0, 0.05) is 24.6 Å². The summed E-state index contributed by atoms with van der Waals surface area (Å²) in [7, 11) is 1.60. The first-order chi connectivity index (χ1) is 16.0. The van der Waals surface area contributed by atoms with Crippen molar-refractivity contribution in [1.29, 1.82) is 0 Å². The van der Waals surface area contributed by atoms with E-state index in [0.29, 0.717) is 17.8 Å². The van der Waals surface area contributed by atoms with Gasteiger partial charge in [-0.1, -0.05) is 24.3 Å². The quantitative estimate of drug-likeness (QED) is 0.570. The van der Waals surface area contributed by atoms with Gasteiger partial charge in [-0.05, 0) is 35.4 Å². The maximum Gasteiger partial charge on any atom is 0.275 e. The first kappa shape index (κ1) is 22.4. The molecule has 33 heavy (non-hydrogen) atoms. The highest BCUT2D eigenvalue weighted by atomic mass is 16.5. The van der Waals surface area contributed by atoms with Crippen LogP contribution in [0.25, 0.3) is 0 Å². The normalized spacial score (nSPS) is 16.8. The monoisotopic (exact) mass is 448 g/mol. The predicted octanol–water partition coefficient (Wildman–Crippen LogP) is 2.20. The number of nitrogens with zero attached hydrogens (tertiary/aromatic N) is 3. The van der Waals surface area contributed by atoms with E-state index in [-0.39, 0.29) is 30.7 Å². The number of aromatic nitrogens is 2. The number of amides is 2. The summed E-state index contributed by atoms with van der Waals surface area (Å²) >= 11 is 0. The summed E-state index contributed by atoms with van der Waals surface area (Å²) in [6, 6.07) is 13.7. The molecular weight excluding hydrogens is 424 g/mol. The Morgan fingerprint density at radius 3 is 2.64 bits per heavy atom. The predicted molar refractivity (Wildman–Crippen MR) is 120 cm³/mol. The first-order valence-corrected chi connectivity index (χ1v) is 10.4. The SMILES string of the molecule is COc1ccc(CN2C(=O)COC[C@@H]2[C@H](O)c2ccc(NC(=O)c3cnccn3)cc2)cc1. The Hall–Kier alpha value is -3.82. The van der Waals surface area contributed by atoms with Gasteiger partial charge in [-0.25, -0.2) is 4.98 Å². The van der Waals surface area contributed by atoms with Crippen LogP contribution in [-0.4, -0.2) is 58.2 Å². The van der Waals surface area contributed by atoms with Crippen LogP contribution >= 0.6 is 0 Å². The number of anilines is 1. The second-order valence-electron chi connectivity index (χ2n) is 7.56. The molecule has 1 aliphatic rings. The van der Waals surface area contributed by atoms with Crippen LogP contribution in [0.5, 0.6) is 5.75 Å². The van der Waals surface area contributed by atoms with Crippen molar-refractivity contribution in [2.75, 3.05) is 25.6 Å². The molecule has 4 rings (SSSR count). The van der Waals surface area contributed by atoms with E-state index in [4.69, 9.17) is 9.47 Å². The Labute approximate surface area is 191 Å². The number of aliphatic hydroxyl groups is 1. The molecule has 0 saturated carbocycles. The van der Waals surface area contributed by atoms with E-state index < -0.39 is 12.1 Å². The van der Waals surface area contributed by atoms with Crippen molar-refractivity contribution in [1.82, 2.24) is 14.9 Å². The van der Waals surface area contributed by atoms with Crippen molar-refractivity contribution in [3.63, 3.8) is 0 Å². The van der Waals surface area contributed by atoms with Gasteiger partial charge >= 0.3 is 0 Å². The van der Waals surface area contributed by atoms with Crippen molar-refractivity contribution in [3.05, 3.63) is 83.9 Å². The Bertz CT molecular complexity index is 1090. The van der Waals surface area contributed by atoms with E-state index in [1.54, 1.807) is 36.3 Å². The molecule has 1 fully saturated rings. The van der Waals surface area contributed by atoms with Gasteiger partial charge < -0.3 is 24.8 Å². The van der Waals surface area contributed by atoms with Crippen molar-refractivity contribution >= 4 is 17.5 Å². The zero-order valence-corrected chi connectivity index (χ0v) is 18.0. The van der Waals surface area contributed by atoms with Crippen LogP contribution in [-0.2, 0) is 16.1 Å². The van der Waals surface area contributed by atoms with Gasteiger partial charge in [-0.15, -0.1) is 0 Å². The molecule has 170 valence electrons. The molecule has 3 aromatic rings. The van der Waals surface area contributed by atoms with E-state index in [2.05, 4.69) is 15.3 Å². The van der Waals surface area contributed by atoms with Gasteiger partial charge in [-0.2, -0.15) is 0 Å². The van der Waals surface area contributed by atoms with Gasteiger partial charge in [0.2, 0.25) is 5.91 Å². The zero-order chi connectivity index (χ0) is 23.2. The molecule has 0 radical (unpaired) electrons. The molecule has 1 aliphatic heterocycles. The third-order valence-corrected chi connectivity index (χ3v) is 5.42. The highest BCUT2D eigenvalue weighted by molar-refractivity contribution is 6.02. The number of morpholine rings is 1.